The van der Waals surface area contributed by atoms with E-state index in [1.807, 2.05) is 42.5 Å². The first-order valence-corrected chi connectivity index (χ1v) is 8.18. The highest BCUT2D eigenvalue weighted by Crippen LogP contribution is 2.31. The summed E-state index contributed by atoms with van der Waals surface area (Å²) in [6, 6.07) is 13.8. The maximum Gasteiger partial charge on any atom is 0.176 e. The van der Waals surface area contributed by atoms with Gasteiger partial charge in [-0.2, -0.15) is 0 Å². The van der Waals surface area contributed by atoms with Gasteiger partial charge in [-0.1, -0.05) is 28.1 Å². The molecule has 1 aliphatic heterocycles. The van der Waals surface area contributed by atoms with E-state index < -0.39 is 0 Å². The van der Waals surface area contributed by atoms with Crippen LogP contribution >= 0.6 is 27.7 Å². The summed E-state index contributed by atoms with van der Waals surface area (Å²) >= 11 is 4.95. The Hall–Kier alpha value is -1.26. The van der Waals surface area contributed by atoms with E-state index in [1.54, 1.807) is 11.8 Å². The van der Waals surface area contributed by atoms with Crippen LogP contribution in [0.25, 0.3) is 0 Å². The standard InChI is InChI=1S/C16H13BrO2S/c17-12-4-6-13(7-5-12)20-10-15(18)14-3-1-2-11-8-9-19-16(11)14/h1-7H,8-10H2. The number of carbonyl (C=O) groups is 1. The Bertz CT molecular complexity index is 637. The summed E-state index contributed by atoms with van der Waals surface area (Å²) in [7, 11) is 0. The monoisotopic (exact) mass is 348 g/mol. The summed E-state index contributed by atoms with van der Waals surface area (Å²) in [5.74, 6) is 1.34. The van der Waals surface area contributed by atoms with Crippen molar-refractivity contribution in [2.45, 2.75) is 11.3 Å². The number of fused-ring (bicyclic) bond motifs is 1. The van der Waals surface area contributed by atoms with E-state index in [4.69, 9.17) is 4.74 Å². The summed E-state index contributed by atoms with van der Waals surface area (Å²) in [5.41, 5.74) is 1.86. The van der Waals surface area contributed by atoms with Crippen molar-refractivity contribution in [2.75, 3.05) is 12.4 Å². The maximum absolute atomic E-state index is 12.3. The van der Waals surface area contributed by atoms with Gasteiger partial charge in [0.1, 0.15) is 5.75 Å². The van der Waals surface area contributed by atoms with Gasteiger partial charge in [0.15, 0.2) is 5.78 Å². The van der Waals surface area contributed by atoms with Crippen molar-refractivity contribution in [2.24, 2.45) is 0 Å². The van der Waals surface area contributed by atoms with Gasteiger partial charge in [0.25, 0.3) is 0 Å². The zero-order chi connectivity index (χ0) is 13.9. The molecule has 0 saturated heterocycles. The number of hydrogen-bond donors (Lipinski definition) is 0. The molecule has 0 aliphatic carbocycles. The van der Waals surface area contributed by atoms with Crippen LogP contribution in [-0.2, 0) is 6.42 Å². The summed E-state index contributed by atoms with van der Waals surface area (Å²) in [6.07, 6.45) is 0.899. The minimum atomic E-state index is 0.122. The molecule has 2 aromatic carbocycles. The van der Waals surface area contributed by atoms with Gasteiger partial charge in [0.05, 0.1) is 17.9 Å². The number of halogens is 1. The number of ether oxygens (including phenoxy) is 1. The lowest BCUT2D eigenvalue weighted by atomic mass is 10.1. The van der Waals surface area contributed by atoms with E-state index in [0.29, 0.717) is 17.9 Å². The van der Waals surface area contributed by atoms with Crippen LogP contribution in [0.5, 0.6) is 5.75 Å². The van der Waals surface area contributed by atoms with Crippen LogP contribution in [0.3, 0.4) is 0 Å². The normalized spacial score (nSPS) is 12.8. The summed E-state index contributed by atoms with van der Waals surface area (Å²) in [5, 5.41) is 0. The molecule has 20 heavy (non-hydrogen) atoms. The average Bonchev–Trinajstić information content (AvgIpc) is 2.94. The van der Waals surface area contributed by atoms with E-state index in [1.165, 1.54) is 0 Å². The molecule has 0 radical (unpaired) electrons. The predicted octanol–water partition coefficient (Wildman–Crippen LogP) is 4.36. The molecule has 4 heteroatoms. The zero-order valence-electron chi connectivity index (χ0n) is 10.8. The van der Waals surface area contributed by atoms with E-state index >= 15 is 0 Å². The van der Waals surface area contributed by atoms with Crippen molar-refractivity contribution in [1.82, 2.24) is 0 Å². The summed E-state index contributed by atoms with van der Waals surface area (Å²) < 4.78 is 6.63. The number of para-hydroxylation sites is 1. The first-order chi connectivity index (χ1) is 9.74. The molecule has 0 N–H and O–H groups in total. The average molecular weight is 349 g/mol. The Labute approximate surface area is 130 Å². The highest BCUT2D eigenvalue weighted by atomic mass is 79.9. The van der Waals surface area contributed by atoms with Crippen molar-refractivity contribution in [3.63, 3.8) is 0 Å². The van der Waals surface area contributed by atoms with Gasteiger partial charge in [-0.15, -0.1) is 11.8 Å². The Morgan fingerprint density at radius 2 is 2.00 bits per heavy atom. The SMILES string of the molecule is O=C(CSc1ccc(Br)cc1)c1cccc2c1OCC2. The van der Waals surface area contributed by atoms with Gasteiger partial charge in [-0.3, -0.25) is 4.79 Å². The molecule has 3 rings (SSSR count). The van der Waals surface area contributed by atoms with Gasteiger partial charge in [-0.25, -0.2) is 0 Å². The molecule has 1 aliphatic rings. The molecular formula is C16H13BrO2S. The molecule has 0 atom stereocenters. The molecule has 0 aromatic heterocycles. The predicted molar refractivity (Wildman–Crippen MR) is 84.8 cm³/mol. The van der Waals surface area contributed by atoms with E-state index in [0.717, 1.165) is 27.1 Å². The second-order valence-electron chi connectivity index (χ2n) is 4.56. The van der Waals surface area contributed by atoms with Gasteiger partial charge in [-0.05, 0) is 35.9 Å². The number of carbonyl (C=O) groups excluding carboxylic acids is 1. The van der Waals surface area contributed by atoms with Crippen LogP contribution in [0.2, 0.25) is 0 Å². The molecule has 0 fully saturated rings. The molecule has 0 spiro atoms. The Kier molecular flexibility index (Phi) is 4.13. The number of rotatable bonds is 4. The van der Waals surface area contributed by atoms with Crippen molar-refractivity contribution in [3.05, 3.63) is 58.1 Å². The second kappa shape index (κ2) is 6.02. The molecule has 2 nitrogen and oxygen atoms in total. The zero-order valence-corrected chi connectivity index (χ0v) is 13.2. The molecular weight excluding hydrogens is 336 g/mol. The summed E-state index contributed by atoms with van der Waals surface area (Å²) in [4.78, 5) is 13.4. The lowest BCUT2D eigenvalue weighted by molar-refractivity contribution is 0.101. The van der Waals surface area contributed by atoms with Gasteiger partial charge < -0.3 is 4.74 Å². The van der Waals surface area contributed by atoms with E-state index in [9.17, 15) is 4.79 Å². The molecule has 102 valence electrons. The van der Waals surface area contributed by atoms with Gasteiger partial charge >= 0.3 is 0 Å². The van der Waals surface area contributed by atoms with Crippen LogP contribution in [-0.4, -0.2) is 18.1 Å². The quantitative estimate of drug-likeness (QED) is 0.606. The lowest BCUT2D eigenvalue weighted by Crippen LogP contribution is -2.04. The van der Waals surface area contributed by atoms with Crippen LogP contribution in [0.4, 0.5) is 0 Å². The van der Waals surface area contributed by atoms with E-state index in [2.05, 4.69) is 15.9 Å². The fourth-order valence-corrected chi connectivity index (χ4v) is 3.24. The first-order valence-electron chi connectivity index (χ1n) is 6.40. The topological polar surface area (TPSA) is 26.3 Å². The molecule has 2 aromatic rings. The molecule has 0 amide bonds. The van der Waals surface area contributed by atoms with Crippen LogP contribution in [0.1, 0.15) is 15.9 Å². The number of Topliss-reactive ketones (excluding diaryl/α,β-unsaturated/α-hetero) is 1. The lowest BCUT2D eigenvalue weighted by Gasteiger charge is -2.07. The molecule has 0 unspecified atom stereocenters. The Balaban J connectivity index is 1.71. The van der Waals surface area contributed by atoms with Gasteiger partial charge in [0.2, 0.25) is 0 Å². The van der Waals surface area contributed by atoms with Gasteiger partial charge in [0, 0.05) is 15.8 Å². The molecule has 0 bridgehead atoms. The smallest absolute Gasteiger partial charge is 0.176 e. The number of thioether (sulfide) groups is 1. The third-order valence-corrected chi connectivity index (χ3v) is 4.74. The Morgan fingerprint density at radius 3 is 2.80 bits per heavy atom. The number of hydrogen-bond acceptors (Lipinski definition) is 3. The maximum atomic E-state index is 12.3. The van der Waals surface area contributed by atoms with E-state index in [-0.39, 0.29) is 5.78 Å². The second-order valence-corrected chi connectivity index (χ2v) is 6.52. The van der Waals surface area contributed by atoms with Crippen molar-refractivity contribution >= 4 is 33.5 Å². The van der Waals surface area contributed by atoms with Crippen LogP contribution in [0, 0.1) is 0 Å². The van der Waals surface area contributed by atoms with Crippen LogP contribution in [0.15, 0.2) is 51.8 Å². The number of benzene rings is 2. The van der Waals surface area contributed by atoms with Crippen molar-refractivity contribution < 1.29 is 9.53 Å². The fraction of sp³-hybridized carbons (Fsp3) is 0.188. The minimum absolute atomic E-state index is 0.122. The highest BCUT2D eigenvalue weighted by molar-refractivity contribution is 9.10. The summed E-state index contributed by atoms with van der Waals surface area (Å²) in [6.45, 7) is 0.680. The fourth-order valence-electron chi connectivity index (χ4n) is 2.19. The molecule has 0 saturated carbocycles. The number of ketones is 1. The minimum Gasteiger partial charge on any atom is -0.492 e. The third kappa shape index (κ3) is 2.91. The van der Waals surface area contributed by atoms with Crippen molar-refractivity contribution in [3.8, 4) is 5.75 Å². The van der Waals surface area contributed by atoms with Crippen LogP contribution < -0.4 is 4.74 Å². The largest absolute Gasteiger partial charge is 0.492 e. The highest BCUT2D eigenvalue weighted by Gasteiger charge is 2.20. The Morgan fingerprint density at radius 1 is 1.20 bits per heavy atom. The van der Waals surface area contributed by atoms with Crippen molar-refractivity contribution in [1.29, 1.82) is 0 Å². The first kappa shape index (κ1) is 13.7. The third-order valence-electron chi connectivity index (χ3n) is 3.20. The molecule has 1 heterocycles.